The van der Waals surface area contributed by atoms with Gasteiger partial charge < -0.3 is 16.4 Å². The molecule has 5 nitrogen and oxygen atoms in total. The SMILES string of the molecule is C1CCCCC1.CCNC=O.NC(=O)C1CCCCC1.c1ccc2c(c1)CCCN2.c1ccccc1. The highest BCUT2D eigenvalue weighted by atomic mass is 16.1. The first-order valence-electron chi connectivity index (χ1n) is 14.0. The number of carbonyl (C=O) groups excluding carboxylic acids is 2. The van der Waals surface area contributed by atoms with Crippen LogP contribution in [0.25, 0.3) is 0 Å². The van der Waals surface area contributed by atoms with Gasteiger partial charge in [-0.15, -0.1) is 0 Å². The third-order valence-corrected chi connectivity index (χ3v) is 6.42. The van der Waals surface area contributed by atoms with E-state index in [0.29, 0.717) is 6.41 Å². The second-order valence-electron chi connectivity index (χ2n) is 9.38. The van der Waals surface area contributed by atoms with Gasteiger partial charge in [-0.2, -0.15) is 0 Å². The van der Waals surface area contributed by atoms with Crippen LogP contribution < -0.4 is 16.4 Å². The van der Waals surface area contributed by atoms with Crippen molar-refractivity contribution in [2.45, 2.75) is 90.4 Å². The lowest BCUT2D eigenvalue weighted by Crippen LogP contribution is -2.24. The lowest BCUT2D eigenvalue weighted by atomic mass is 9.89. The van der Waals surface area contributed by atoms with Crippen LogP contribution in [0.1, 0.15) is 89.5 Å². The van der Waals surface area contributed by atoms with E-state index in [0.717, 1.165) is 25.9 Å². The fourth-order valence-corrected chi connectivity index (χ4v) is 4.33. The highest BCUT2D eigenvalue weighted by molar-refractivity contribution is 5.76. The van der Waals surface area contributed by atoms with Gasteiger partial charge in [-0.3, -0.25) is 9.59 Å². The molecule has 2 aromatic carbocycles. The van der Waals surface area contributed by atoms with E-state index in [1.165, 1.54) is 81.9 Å². The number of rotatable bonds is 3. The van der Waals surface area contributed by atoms with Crippen LogP contribution in [0.5, 0.6) is 0 Å². The number of hydrogen-bond donors (Lipinski definition) is 3. The van der Waals surface area contributed by atoms with Crippen LogP contribution in [0.4, 0.5) is 5.69 Å². The summed E-state index contributed by atoms with van der Waals surface area (Å²) in [5, 5.41) is 5.79. The van der Waals surface area contributed by atoms with Crippen molar-refractivity contribution in [3.8, 4) is 0 Å². The molecule has 200 valence electrons. The van der Waals surface area contributed by atoms with E-state index in [2.05, 4.69) is 34.9 Å². The number of hydrogen-bond acceptors (Lipinski definition) is 3. The maximum atomic E-state index is 10.6. The van der Waals surface area contributed by atoms with Crippen molar-refractivity contribution in [2.75, 3.05) is 18.4 Å². The third-order valence-electron chi connectivity index (χ3n) is 6.42. The maximum Gasteiger partial charge on any atom is 0.220 e. The van der Waals surface area contributed by atoms with Gasteiger partial charge in [0, 0.05) is 24.7 Å². The van der Waals surface area contributed by atoms with Crippen LogP contribution in [-0.2, 0) is 16.0 Å². The highest BCUT2D eigenvalue weighted by Crippen LogP contribution is 2.22. The topological polar surface area (TPSA) is 84.2 Å². The summed E-state index contributed by atoms with van der Waals surface area (Å²) >= 11 is 0. The first-order chi connectivity index (χ1) is 17.7. The van der Waals surface area contributed by atoms with E-state index in [-0.39, 0.29) is 11.8 Å². The number of aryl methyl sites for hydroxylation is 1. The van der Waals surface area contributed by atoms with Crippen LogP contribution >= 0.6 is 0 Å². The zero-order valence-electron chi connectivity index (χ0n) is 22.4. The van der Waals surface area contributed by atoms with Crippen LogP contribution in [0.2, 0.25) is 0 Å². The molecule has 0 radical (unpaired) electrons. The molecule has 0 unspecified atom stereocenters. The summed E-state index contributed by atoms with van der Waals surface area (Å²) in [5.41, 5.74) is 7.92. The summed E-state index contributed by atoms with van der Waals surface area (Å²) in [5.74, 6) is 0.0912. The molecule has 2 saturated carbocycles. The maximum absolute atomic E-state index is 10.6. The molecule has 0 aromatic heterocycles. The molecule has 3 aliphatic rings. The molecule has 2 aliphatic carbocycles. The molecule has 0 bridgehead atoms. The second-order valence-corrected chi connectivity index (χ2v) is 9.38. The summed E-state index contributed by atoms with van der Waals surface area (Å²) in [6.45, 7) is 3.73. The first-order valence-corrected chi connectivity index (χ1v) is 14.0. The lowest BCUT2D eigenvalue weighted by molar-refractivity contribution is -0.122. The number of amides is 2. The first kappa shape index (κ1) is 31.2. The third kappa shape index (κ3) is 16.7. The predicted octanol–water partition coefficient (Wildman–Crippen LogP) is 6.88. The minimum Gasteiger partial charge on any atom is -0.385 e. The number of fused-ring (bicyclic) bond motifs is 1. The van der Waals surface area contributed by atoms with Gasteiger partial charge in [0.2, 0.25) is 12.3 Å². The Morgan fingerprint density at radius 1 is 0.833 bits per heavy atom. The Kier molecular flexibility index (Phi) is 19.6. The van der Waals surface area contributed by atoms with E-state index in [4.69, 9.17) is 5.73 Å². The van der Waals surface area contributed by atoms with Crippen molar-refractivity contribution in [3.05, 3.63) is 66.2 Å². The van der Waals surface area contributed by atoms with E-state index < -0.39 is 0 Å². The van der Waals surface area contributed by atoms with Crippen molar-refractivity contribution in [3.63, 3.8) is 0 Å². The van der Waals surface area contributed by atoms with Gasteiger partial charge in [0.05, 0.1) is 0 Å². The van der Waals surface area contributed by atoms with Crippen molar-refractivity contribution in [1.29, 1.82) is 0 Å². The fraction of sp³-hybridized carbons (Fsp3) is 0.548. The number of nitrogens with two attached hydrogens (primary N) is 1. The molecule has 0 saturated heterocycles. The molecule has 1 aliphatic heterocycles. The average Bonchev–Trinajstić information content (AvgIpc) is 2.97. The molecule has 0 spiro atoms. The van der Waals surface area contributed by atoms with Crippen LogP contribution in [0.3, 0.4) is 0 Å². The van der Waals surface area contributed by atoms with Gasteiger partial charge in [0.15, 0.2) is 0 Å². The molecule has 2 fully saturated rings. The Hall–Kier alpha value is -2.82. The van der Waals surface area contributed by atoms with E-state index in [1.807, 2.05) is 43.3 Å². The van der Waals surface area contributed by atoms with Gasteiger partial charge in [-0.05, 0) is 44.2 Å². The molecule has 2 amide bonds. The summed E-state index contributed by atoms with van der Waals surface area (Å²) in [6.07, 6.45) is 17.9. The average molecular weight is 496 g/mol. The minimum atomic E-state index is -0.102. The molecular weight excluding hydrogens is 446 g/mol. The van der Waals surface area contributed by atoms with E-state index in [1.54, 1.807) is 0 Å². The lowest BCUT2D eigenvalue weighted by Gasteiger charge is -2.17. The van der Waals surface area contributed by atoms with Crippen molar-refractivity contribution < 1.29 is 9.59 Å². The quantitative estimate of drug-likeness (QED) is 0.406. The minimum absolute atomic E-state index is 0.102. The Bertz CT molecular complexity index is 709. The predicted molar refractivity (Wildman–Crippen MR) is 153 cm³/mol. The van der Waals surface area contributed by atoms with Crippen LogP contribution in [-0.4, -0.2) is 25.4 Å². The van der Waals surface area contributed by atoms with Crippen molar-refractivity contribution in [1.82, 2.24) is 5.32 Å². The monoisotopic (exact) mass is 495 g/mol. The summed E-state index contributed by atoms with van der Waals surface area (Å²) < 4.78 is 0. The fourth-order valence-electron chi connectivity index (χ4n) is 4.33. The van der Waals surface area contributed by atoms with Crippen molar-refractivity contribution in [2.24, 2.45) is 11.7 Å². The van der Waals surface area contributed by atoms with E-state index in [9.17, 15) is 9.59 Å². The normalized spacial score (nSPS) is 16.0. The number of anilines is 1. The Labute approximate surface area is 219 Å². The Morgan fingerprint density at radius 2 is 1.33 bits per heavy atom. The zero-order chi connectivity index (χ0) is 26.1. The highest BCUT2D eigenvalue weighted by Gasteiger charge is 2.17. The van der Waals surface area contributed by atoms with Crippen LogP contribution in [0, 0.1) is 5.92 Å². The second kappa shape index (κ2) is 22.6. The van der Waals surface area contributed by atoms with Crippen LogP contribution in [0.15, 0.2) is 60.7 Å². The van der Waals surface area contributed by atoms with Gasteiger partial charge in [0.1, 0.15) is 0 Å². The molecule has 4 N–H and O–H groups in total. The van der Waals surface area contributed by atoms with Gasteiger partial charge in [-0.25, -0.2) is 0 Å². The molecule has 0 atom stereocenters. The molecule has 1 heterocycles. The molecular formula is C31H49N3O2. The number of primary amides is 1. The van der Waals surface area contributed by atoms with Gasteiger partial charge in [0.25, 0.3) is 0 Å². The molecule has 2 aromatic rings. The zero-order valence-corrected chi connectivity index (χ0v) is 22.4. The standard InChI is InChI=1S/C9H11N.C7H13NO.C6H12.C6H6.C3H7NO/c1-2-6-9-8(4-1)5-3-7-10-9;8-7(9)6-4-2-1-3-5-6;2*1-2-4-6-5-3-1;1-2-4-3-5/h1-2,4,6,10H,3,5,7H2;6H,1-5H2,(H2,8,9);1-6H2;1-6H;3H,2H2,1H3,(H,4,5). The van der Waals surface area contributed by atoms with Gasteiger partial charge >= 0.3 is 0 Å². The largest absolute Gasteiger partial charge is 0.385 e. The summed E-state index contributed by atoms with van der Waals surface area (Å²) in [6, 6.07) is 20.5. The number of nitrogens with one attached hydrogen (secondary N) is 2. The number of benzene rings is 2. The van der Waals surface area contributed by atoms with Crippen molar-refractivity contribution >= 4 is 18.0 Å². The summed E-state index contributed by atoms with van der Waals surface area (Å²) in [4.78, 5) is 19.9. The van der Waals surface area contributed by atoms with E-state index >= 15 is 0 Å². The smallest absolute Gasteiger partial charge is 0.220 e. The molecule has 36 heavy (non-hydrogen) atoms. The molecule has 5 rings (SSSR count). The number of carbonyl (C=O) groups is 2. The summed E-state index contributed by atoms with van der Waals surface area (Å²) in [7, 11) is 0. The number of para-hydroxylation sites is 1. The Morgan fingerprint density at radius 3 is 1.72 bits per heavy atom. The Balaban J connectivity index is 0.000000231. The van der Waals surface area contributed by atoms with Gasteiger partial charge in [-0.1, -0.05) is 112 Å². The molecule has 5 heteroatoms.